The molecule has 3 heterocycles. The maximum atomic E-state index is 13.3. The number of hydrogen-bond donors (Lipinski definition) is 3. The van der Waals surface area contributed by atoms with Gasteiger partial charge in [0, 0.05) is 29.5 Å². The summed E-state index contributed by atoms with van der Waals surface area (Å²) in [7, 11) is 1.88. The summed E-state index contributed by atoms with van der Waals surface area (Å²) in [5.74, 6) is 0.139. The Morgan fingerprint density at radius 2 is 2.00 bits per heavy atom. The fourth-order valence-electron chi connectivity index (χ4n) is 3.81. The van der Waals surface area contributed by atoms with Crippen LogP contribution in [0, 0.1) is 0 Å². The van der Waals surface area contributed by atoms with Gasteiger partial charge in [0.15, 0.2) is 5.58 Å². The van der Waals surface area contributed by atoms with Crippen LogP contribution in [0.25, 0.3) is 11.1 Å². The highest BCUT2D eigenvalue weighted by Crippen LogP contribution is 2.35. The number of hydrogen-bond acceptors (Lipinski definition) is 7. The molecule has 0 saturated heterocycles. The van der Waals surface area contributed by atoms with Crippen LogP contribution in [-0.2, 0) is 18.4 Å². The van der Waals surface area contributed by atoms with E-state index in [0.29, 0.717) is 46.0 Å². The average molecular weight is 476 g/mol. The number of nitrogens with zero attached hydrogens (tertiary/aromatic N) is 4. The van der Waals surface area contributed by atoms with Crippen LogP contribution in [-0.4, -0.2) is 26.4 Å². The lowest BCUT2D eigenvalue weighted by molar-refractivity contribution is -0.118. The number of para-hydroxylation sites is 2. The van der Waals surface area contributed by atoms with E-state index in [1.807, 2.05) is 67.2 Å². The number of guanidine groups is 1. The van der Waals surface area contributed by atoms with Gasteiger partial charge < -0.3 is 19.6 Å². The summed E-state index contributed by atoms with van der Waals surface area (Å²) in [6.07, 6.45) is 3.54. The Bertz CT molecular complexity index is 1400. The molecule has 0 radical (unpaired) electrons. The van der Waals surface area contributed by atoms with E-state index >= 15 is 0 Å². The first-order valence-corrected chi connectivity index (χ1v) is 11.0. The zero-order chi connectivity index (χ0) is 23.7. The highest BCUT2D eigenvalue weighted by Gasteiger charge is 2.31. The molecular formula is C24H22ClN7O2. The van der Waals surface area contributed by atoms with Crippen LogP contribution in [0.3, 0.4) is 0 Å². The summed E-state index contributed by atoms with van der Waals surface area (Å²) in [6.45, 7) is 2.12. The van der Waals surface area contributed by atoms with E-state index in [2.05, 4.69) is 25.9 Å². The molecule has 0 unspecified atom stereocenters. The largest absolute Gasteiger partial charge is 0.423 e. The highest BCUT2D eigenvalue weighted by atomic mass is 35.5. The van der Waals surface area contributed by atoms with Crippen LogP contribution in [0.2, 0.25) is 5.02 Å². The van der Waals surface area contributed by atoms with E-state index in [-0.39, 0.29) is 5.91 Å². The van der Waals surface area contributed by atoms with Gasteiger partial charge >= 0.3 is 6.01 Å². The van der Waals surface area contributed by atoms with Crippen molar-refractivity contribution in [3.8, 4) is 0 Å². The maximum absolute atomic E-state index is 13.3. The molecule has 0 bridgehead atoms. The van der Waals surface area contributed by atoms with Crippen LogP contribution < -0.4 is 16.0 Å². The monoisotopic (exact) mass is 475 g/mol. The number of aliphatic imine (C=N–C) groups is 1. The van der Waals surface area contributed by atoms with Gasteiger partial charge in [0.2, 0.25) is 5.96 Å². The minimum Gasteiger partial charge on any atom is -0.423 e. The number of carbonyl (C=O) groups excluding carboxylic acids is 1. The van der Waals surface area contributed by atoms with Crippen molar-refractivity contribution < 1.29 is 9.21 Å². The van der Waals surface area contributed by atoms with E-state index in [9.17, 15) is 4.79 Å². The Hall–Kier alpha value is -4.11. The summed E-state index contributed by atoms with van der Waals surface area (Å²) < 4.78 is 7.59. The van der Waals surface area contributed by atoms with Gasteiger partial charge in [-0.15, -0.1) is 0 Å². The first kappa shape index (κ1) is 21.7. The number of oxazole rings is 1. The molecule has 2 aromatic carbocycles. The molecule has 34 heavy (non-hydrogen) atoms. The number of anilines is 1. The summed E-state index contributed by atoms with van der Waals surface area (Å²) in [4.78, 5) is 26.7. The zero-order valence-electron chi connectivity index (χ0n) is 18.5. The summed E-state index contributed by atoms with van der Waals surface area (Å²) in [5, 5.41) is 9.69. The SMILES string of the molecule is CC1=C(C(=O)NCc2cn(C)cn2)[C@@H](c2ccccc2Cl)N=C(Nc2nc3ccccc3o2)N1. The third kappa shape index (κ3) is 4.38. The number of amides is 1. The maximum Gasteiger partial charge on any atom is 0.302 e. The van der Waals surface area contributed by atoms with Crippen LogP contribution >= 0.6 is 11.6 Å². The van der Waals surface area contributed by atoms with E-state index in [0.717, 1.165) is 11.2 Å². The van der Waals surface area contributed by atoms with Gasteiger partial charge in [0.05, 0.1) is 24.1 Å². The van der Waals surface area contributed by atoms with Gasteiger partial charge in [-0.3, -0.25) is 10.1 Å². The molecule has 1 amide bonds. The Morgan fingerprint density at radius 3 is 2.76 bits per heavy atom. The Balaban J connectivity index is 1.44. The summed E-state index contributed by atoms with van der Waals surface area (Å²) >= 11 is 6.50. The Kier molecular flexibility index (Phi) is 5.77. The molecule has 1 atom stereocenters. The van der Waals surface area contributed by atoms with Gasteiger partial charge in [-0.1, -0.05) is 41.9 Å². The number of benzene rings is 2. The predicted molar refractivity (Wildman–Crippen MR) is 130 cm³/mol. The molecule has 3 N–H and O–H groups in total. The molecule has 10 heteroatoms. The molecule has 5 rings (SSSR count). The second-order valence-corrected chi connectivity index (χ2v) is 8.30. The normalized spacial score (nSPS) is 15.7. The lowest BCUT2D eigenvalue weighted by Crippen LogP contribution is -2.39. The van der Waals surface area contributed by atoms with Crippen molar-refractivity contribution in [2.75, 3.05) is 5.32 Å². The number of rotatable bonds is 5. The van der Waals surface area contributed by atoms with E-state index < -0.39 is 6.04 Å². The first-order valence-electron chi connectivity index (χ1n) is 10.7. The van der Waals surface area contributed by atoms with Gasteiger partial charge in [-0.05, 0) is 25.1 Å². The summed E-state index contributed by atoms with van der Waals surface area (Å²) in [6, 6.07) is 14.5. The third-order valence-corrected chi connectivity index (χ3v) is 5.74. The molecular weight excluding hydrogens is 454 g/mol. The second kappa shape index (κ2) is 9.03. The molecule has 172 valence electrons. The summed E-state index contributed by atoms with van der Waals surface area (Å²) in [5.41, 5.74) is 3.96. The lowest BCUT2D eigenvalue weighted by atomic mass is 9.95. The van der Waals surface area contributed by atoms with Crippen LogP contribution in [0.15, 0.2) is 81.7 Å². The number of allylic oxidation sites excluding steroid dienone is 1. The van der Waals surface area contributed by atoms with Gasteiger partial charge in [-0.2, -0.15) is 4.98 Å². The number of aromatic nitrogens is 3. The van der Waals surface area contributed by atoms with Crippen molar-refractivity contribution in [2.24, 2.45) is 12.0 Å². The molecule has 1 aliphatic heterocycles. The number of nitrogens with one attached hydrogen (secondary N) is 3. The molecule has 0 saturated carbocycles. The van der Waals surface area contributed by atoms with Crippen LogP contribution in [0.4, 0.5) is 6.01 Å². The van der Waals surface area contributed by atoms with E-state index in [4.69, 9.17) is 21.0 Å². The topological polar surface area (TPSA) is 109 Å². The molecule has 0 aliphatic carbocycles. The van der Waals surface area contributed by atoms with Crippen molar-refractivity contribution >= 4 is 40.6 Å². The number of carbonyl (C=O) groups is 1. The van der Waals surface area contributed by atoms with Crippen molar-refractivity contribution in [3.05, 3.63) is 88.6 Å². The quantitative estimate of drug-likeness (QED) is 0.403. The van der Waals surface area contributed by atoms with Crippen molar-refractivity contribution in [3.63, 3.8) is 0 Å². The highest BCUT2D eigenvalue weighted by molar-refractivity contribution is 6.31. The first-order chi connectivity index (χ1) is 16.5. The fraction of sp³-hybridized carbons (Fsp3) is 0.167. The van der Waals surface area contributed by atoms with Gasteiger partial charge in [-0.25, -0.2) is 9.98 Å². The van der Waals surface area contributed by atoms with Crippen LogP contribution in [0.5, 0.6) is 0 Å². The average Bonchev–Trinajstić information content (AvgIpc) is 3.42. The number of aryl methyl sites for hydroxylation is 1. The smallest absolute Gasteiger partial charge is 0.302 e. The minimum atomic E-state index is -0.634. The third-order valence-electron chi connectivity index (χ3n) is 5.39. The van der Waals surface area contributed by atoms with Crippen molar-refractivity contribution in [2.45, 2.75) is 19.5 Å². The number of imidazole rings is 1. The molecule has 0 spiro atoms. The Morgan fingerprint density at radius 1 is 1.21 bits per heavy atom. The number of halogens is 1. The second-order valence-electron chi connectivity index (χ2n) is 7.89. The minimum absolute atomic E-state index is 0.259. The van der Waals surface area contributed by atoms with Crippen molar-refractivity contribution in [1.82, 2.24) is 25.2 Å². The van der Waals surface area contributed by atoms with Gasteiger partial charge in [0.25, 0.3) is 5.91 Å². The molecule has 2 aromatic heterocycles. The predicted octanol–water partition coefficient (Wildman–Crippen LogP) is 3.92. The number of fused-ring (bicyclic) bond motifs is 1. The lowest BCUT2D eigenvalue weighted by Gasteiger charge is -2.27. The molecule has 4 aromatic rings. The molecule has 9 nitrogen and oxygen atoms in total. The standard InChI is InChI=1S/C24H22ClN7O2/c1-14-20(22(33)26-11-15-12-32(2)13-27-15)21(16-7-3-4-8-17(16)25)30-23(28-14)31-24-29-18-9-5-6-10-19(18)34-24/h3-10,12-13,21H,11H2,1-2H3,(H,26,33)(H2,28,29,30,31)/t21-/m1/s1. The van der Waals surface area contributed by atoms with Gasteiger partial charge in [0.1, 0.15) is 11.6 Å². The zero-order valence-corrected chi connectivity index (χ0v) is 19.3. The van der Waals surface area contributed by atoms with E-state index in [1.54, 1.807) is 12.4 Å². The van der Waals surface area contributed by atoms with Crippen molar-refractivity contribution in [1.29, 1.82) is 0 Å². The van der Waals surface area contributed by atoms with E-state index in [1.165, 1.54) is 0 Å². The molecule has 1 aliphatic rings. The van der Waals surface area contributed by atoms with Crippen LogP contribution in [0.1, 0.15) is 24.2 Å². The fourth-order valence-corrected chi connectivity index (χ4v) is 4.05. The Labute approximate surface area is 200 Å². The molecule has 0 fully saturated rings.